The van der Waals surface area contributed by atoms with Gasteiger partial charge in [-0.2, -0.15) is 5.10 Å². The number of H-pyrrole nitrogens is 1. The second-order valence-electron chi connectivity index (χ2n) is 4.70. The van der Waals surface area contributed by atoms with Crippen LogP contribution in [0.15, 0.2) is 36.5 Å². The highest BCUT2D eigenvalue weighted by molar-refractivity contribution is 5.82. The van der Waals surface area contributed by atoms with E-state index in [1.807, 2.05) is 19.1 Å². The molecular weight excluding hydrogens is 270 g/mol. The summed E-state index contributed by atoms with van der Waals surface area (Å²) in [5.41, 5.74) is 2.87. The van der Waals surface area contributed by atoms with E-state index in [-0.39, 0.29) is 5.69 Å². The van der Waals surface area contributed by atoms with Gasteiger partial charge < -0.3 is 5.32 Å². The number of non-ortho nitro benzene ring substituents is 1. The van der Waals surface area contributed by atoms with Crippen molar-refractivity contribution in [3.8, 4) is 0 Å². The lowest BCUT2D eigenvalue weighted by atomic mass is 10.2. The fourth-order valence-corrected chi connectivity index (χ4v) is 2.06. The summed E-state index contributed by atoms with van der Waals surface area (Å²) in [6, 6.07) is 8.26. The number of pyridine rings is 1. The summed E-state index contributed by atoms with van der Waals surface area (Å²) in [5, 5.41) is 21.5. The molecule has 0 saturated carbocycles. The fraction of sp³-hybridized carbons (Fsp3) is 0.143. The lowest BCUT2D eigenvalue weighted by molar-refractivity contribution is -0.384. The number of aryl methyl sites for hydroxylation is 1. The Bertz CT molecular complexity index is 812. The largest absolute Gasteiger partial charge is 0.366 e. The van der Waals surface area contributed by atoms with Crippen LogP contribution in [0.5, 0.6) is 0 Å². The molecule has 0 spiro atoms. The molecule has 1 aromatic carbocycles. The molecule has 0 bridgehead atoms. The highest BCUT2D eigenvalue weighted by atomic mass is 16.6. The summed E-state index contributed by atoms with van der Waals surface area (Å²) in [6.45, 7) is 2.57. The Hall–Kier alpha value is -2.96. The van der Waals surface area contributed by atoms with Crippen LogP contribution >= 0.6 is 0 Å². The molecule has 7 nitrogen and oxygen atoms in total. The maximum Gasteiger partial charge on any atom is 0.270 e. The number of fused-ring (bicyclic) bond motifs is 1. The van der Waals surface area contributed by atoms with Crippen LogP contribution in [0, 0.1) is 17.0 Å². The van der Waals surface area contributed by atoms with Crippen LogP contribution in [-0.4, -0.2) is 20.1 Å². The summed E-state index contributed by atoms with van der Waals surface area (Å²) in [4.78, 5) is 14.8. The molecule has 0 amide bonds. The predicted molar refractivity (Wildman–Crippen MR) is 79.0 cm³/mol. The van der Waals surface area contributed by atoms with Gasteiger partial charge in [0.25, 0.3) is 5.69 Å². The summed E-state index contributed by atoms with van der Waals surface area (Å²) in [5.74, 6) is 0.719. The van der Waals surface area contributed by atoms with Gasteiger partial charge in [0.1, 0.15) is 5.82 Å². The van der Waals surface area contributed by atoms with Crippen molar-refractivity contribution in [2.75, 3.05) is 5.32 Å². The lowest BCUT2D eigenvalue weighted by Gasteiger charge is -2.06. The smallest absolute Gasteiger partial charge is 0.270 e. The summed E-state index contributed by atoms with van der Waals surface area (Å²) in [6.07, 6.45) is 1.77. The Labute approximate surface area is 120 Å². The highest BCUT2D eigenvalue weighted by Gasteiger charge is 2.07. The van der Waals surface area contributed by atoms with Crippen molar-refractivity contribution in [3.05, 3.63) is 57.9 Å². The third-order valence-electron chi connectivity index (χ3n) is 3.28. The standard InChI is InChI=1S/C14H13N5O2/c1-9-11(8-16-18-9)7-15-14-5-2-10-6-12(19(20)21)3-4-13(10)17-14/h2-6,8H,7H2,1H3,(H,15,17)(H,16,18). The number of aromatic amines is 1. The van der Waals surface area contributed by atoms with Gasteiger partial charge in [-0.25, -0.2) is 4.98 Å². The van der Waals surface area contributed by atoms with E-state index in [0.717, 1.165) is 28.0 Å². The van der Waals surface area contributed by atoms with Crippen LogP contribution in [0.3, 0.4) is 0 Å². The minimum absolute atomic E-state index is 0.0685. The normalized spacial score (nSPS) is 10.7. The average molecular weight is 283 g/mol. The summed E-state index contributed by atoms with van der Waals surface area (Å²) in [7, 11) is 0. The van der Waals surface area contributed by atoms with Crippen LogP contribution in [0.2, 0.25) is 0 Å². The molecule has 3 aromatic rings. The van der Waals surface area contributed by atoms with Gasteiger partial charge in [0.2, 0.25) is 0 Å². The average Bonchev–Trinajstić information content (AvgIpc) is 2.89. The van der Waals surface area contributed by atoms with Crippen LogP contribution in [0.4, 0.5) is 11.5 Å². The Morgan fingerprint density at radius 2 is 2.19 bits per heavy atom. The third kappa shape index (κ3) is 2.66. The minimum atomic E-state index is -0.409. The molecule has 21 heavy (non-hydrogen) atoms. The number of aromatic nitrogens is 3. The van der Waals surface area contributed by atoms with Gasteiger partial charge in [0, 0.05) is 35.3 Å². The van der Waals surface area contributed by atoms with Gasteiger partial charge in [-0.1, -0.05) is 0 Å². The van der Waals surface area contributed by atoms with E-state index in [1.54, 1.807) is 12.3 Å². The van der Waals surface area contributed by atoms with E-state index in [0.29, 0.717) is 6.54 Å². The van der Waals surface area contributed by atoms with Crippen LogP contribution in [-0.2, 0) is 6.54 Å². The second-order valence-corrected chi connectivity index (χ2v) is 4.70. The first-order valence-electron chi connectivity index (χ1n) is 6.41. The molecule has 0 unspecified atom stereocenters. The number of hydrogen-bond acceptors (Lipinski definition) is 5. The summed E-state index contributed by atoms with van der Waals surface area (Å²) < 4.78 is 0. The number of nitro benzene ring substituents is 1. The Kier molecular flexibility index (Phi) is 3.23. The maximum atomic E-state index is 10.7. The molecule has 2 heterocycles. The Morgan fingerprint density at radius 3 is 2.90 bits per heavy atom. The van der Waals surface area contributed by atoms with Gasteiger partial charge in [-0.15, -0.1) is 0 Å². The van der Waals surface area contributed by atoms with E-state index in [4.69, 9.17) is 0 Å². The van der Waals surface area contributed by atoms with E-state index in [2.05, 4.69) is 20.5 Å². The molecule has 2 N–H and O–H groups in total. The van der Waals surface area contributed by atoms with Crippen molar-refractivity contribution in [1.82, 2.24) is 15.2 Å². The van der Waals surface area contributed by atoms with E-state index in [1.165, 1.54) is 12.1 Å². The topological polar surface area (TPSA) is 96.7 Å². The zero-order chi connectivity index (χ0) is 14.8. The Balaban J connectivity index is 1.82. The number of nitrogens with zero attached hydrogens (tertiary/aromatic N) is 3. The van der Waals surface area contributed by atoms with Gasteiger partial charge >= 0.3 is 0 Å². The van der Waals surface area contributed by atoms with Gasteiger partial charge in [0.05, 0.1) is 16.6 Å². The van der Waals surface area contributed by atoms with Gasteiger partial charge in [0.15, 0.2) is 0 Å². The Morgan fingerprint density at radius 1 is 1.33 bits per heavy atom. The fourth-order valence-electron chi connectivity index (χ4n) is 2.06. The molecular formula is C14H13N5O2. The number of anilines is 1. The SMILES string of the molecule is Cc1[nH]ncc1CNc1ccc2cc([N+](=O)[O-])ccc2n1. The minimum Gasteiger partial charge on any atom is -0.366 e. The van der Waals surface area contributed by atoms with Crippen molar-refractivity contribution in [1.29, 1.82) is 0 Å². The zero-order valence-corrected chi connectivity index (χ0v) is 11.3. The molecule has 7 heteroatoms. The maximum absolute atomic E-state index is 10.7. The van der Waals surface area contributed by atoms with Crippen molar-refractivity contribution in [2.45, 2.75) is 13.5 Å². The number of benzene rings is 1. The van der Waals surface area contributed by atoms with Crippen LogP contribution in [0.1, 0.15) is 11.3 Å². The highest BCUT2D eigenvalue weighted by Crippen LogP contribution is 2.21. The number of hydrogen-bond donors (Lipinski definition) is 2. The molecule has 0 aliphatic rings. The quantitative estimate of drug-likeness (QED) is 0.567. The molecule has 0 radical (unpaired) electrons. The molecule has 106 valence electrons. The monoisotopic (exact) mass is 283 g/mol. The molecule has 2 aromatic heterocycles. The molecule has 0 aliphatic carbocycles. The van der Waals surface area contributed by atoms with Crippen molar-refractivity contribution >= 4 is 22.4 Å². The molecule has 0 fully saturated rings. The van der Waals surface area contributed by atoms with E-state index in [9.17, 15) is 10.1 Å². The van der Waals surface area contributed by atoms with Crippen molar-refractivity contribution in [2.24, 2.45) is 0 Å². The predicted octanol–water partition coefficient (Wildman–Crippen LogP) is 2.79. The van der Waals surface area contributed by atoms with E-state index < -0.39 is 4.92 Å². The molecule has 0 aliphatic heterocycles. The van der Waals surface area contributed by atoms with Gasteiger partial charge in [-0.3, -0.25) is 15.2 Å². The van der Waals surface area contributed by atoms with E-state index >= 15 is 0 Å². The second kappa shape index (κ2) is 5.20. The molecule has 3 rings (SSSR count). The first-order valence-corrected chi connectivity index (χ1v) is 6.41. The first-order chi connectivity index (χ1) is 10.1. The molecule has 0 saturated heterocycles. The lowest BCUT2D eigenvalue weighted by Crippen LogP contribution is -2.01. The van der Waals surface area contributed by atoms with Crippen molar-refractivity contribution in [3.63, 3.8) is 0 Å². The number of rotatable bonds is 4. The summed E-state index contributed by atoms with van der Waals surface area (Å²) >= 11 is 0. The van der Waals surface area contributed by atoms with Crippen LogP contribution in [0.25, 0.3) is 10.9 Å². The van der Waals surface area contributed by atoms with Crippen molar-refractivity contribution < 1.29 is 4.92 Å². The first kappa shape index (κ1) is 13.0. The number of nitro groups is 1. The number of nitrogens with one attached hydrogen (secondary N) is 2. The van der Waals surface area contributed by atoms with Crippen LogP contribution < -0.4 is 5.32 Å². The molecule has 0 atom stereocenters. The van der Waals surface area contributed by atoms with Gasteiger partial charge in [-0.05, 0) is 25.1 Å². The zero-order valence-electron chi connectivity index (χ0n) is 11.3. The third-order valence-corrected chi connectivity index (χ3v) is 3.28.